The van der Waals surface area contributed by atoms with Crippen molar-refractivity contribution in [2.24, 2.45) is 0 Å². The van der Waals surface area contributed by atoms with Gasteiger partial charge in [0.15, 0.2) is 0 Å². The van der Waals surface area contributed by atoms with E-state index in [1.54, 1.807) is 19.1 Å². The van der Waals surface area contributed by atoms with Crippen molar-refractivity contribution in [2.75, 3.05) is 5.32 Å². The lowest BCUT2D eigenvalue weighted by atomic mass is 10.3. The van der Waals surface area contributed by atoms with Crippen LogP contribution in [-0.4, -0.2) is 20.4 Å². The highest BCUT2D eigenvalue weighted by molar-refractivity contribution is 9.10. The fraction of sp³-hybridized carbons (Fsp3) is 0.231. The number of nitro groups is 1. The van der Waals surface area contributed by atoms with Gasteiger partial charge in [-0.25, -0.2) is 4.98 Å². The number of aryl methyl sites for hydroxylation is 2. The Labute approximate surface area is 129 Å². The van der Waals surface area contributed by atoms with E-state index < -0.39 is 10.8 Å². The average Bonchev–Trinajstić information content (AvgIpc) is 2.86. The van der Waals surface area contributed by atoms with Crippen LogP contribution in [0.5, 0.6) is 0 Å². The summed E-state index contributed by atoms with van der Waals surface area (Å²) in [5.41, 5.74) is 1.36. The first-order valence-electron chi connectivity index (χ1n) is 6.21. The molecule has 0 radical (unpaired) electrons. The minimum absolute atomic E-state index is 0.104. The number of pyridine rings is 1. The van der Waals surface area contributed by atoms with Crippen LogP contribution in [0.2, 0.25) is 0 Å². The Balaban J connectivity index is 2.29. The quantitative estimate of drug-likeness (QED) is 0.519. The lowest BCUT2D eigenvalue weighted by Gasteiger charge is -2.09. The number of anilines is 1. The summed E-state index contributed by atoms with van der Waals surface area (Å²) in [5.74, 6) is -0.405. The van der Waals surface area contributed by atoms with Crippen molar-refractivity contribution in [3.05, 3.63) is 50.5 Å². The third kappa shape index (κ3) is 3.27. The predicted octanol–water partition coefficient (Wildman–Crippen LogP) is 3.13. The second-order valence-corrected chi connectivity index (χ2v) is 5.16. The molecule has 0 atom stereocenters. The number of hydrogen-bond donors (Lipinski definition) is 1. The number of hydrogen-bond acceptors (Lipinski definition) is 4. The fourth-order valence-electron chi connectivity index (χ4n) is 1.90. The maximum Gasteiger partial charge on any atom is 0.287 e. The van der Waals surface area contributed by atoms with Crippen molar-refractivity contribution >= 4 is 33.2 Å². The van der Waals surface area contributed by atoms with Crippen molar-refractivity contribution < 1.29 is 9.72 Å². The lowest BCUT2D eigenvalue weighted by Crippen LogP contribution is -2.17. The maximum absolute atomic E-state index is 12.3. The molecular weight excluding hydrogens is 340 g/mol. The van der Waals surface area contributed by atoms with Crippen LogP contribution in [0, 0.1) is 17.0 Å². The van der Waals surface area contributed by atoms with Crippen molar-refractivity contribution in [3.8, 4) is 0 Å². The molecule has 1 amide bonds. The lowest BCUT2D eigenvalue weighted by molar-refractivity contribution is -0.384. The molecule has 2 aromatic heterocycles. The van der Waals surface area contributed by atoms with E-state index in [0.717, 1.165) is 0 Å². The molecule has 0 aliphatic heterocycles. The molecule has 110 valence electrons. The van der Waals surface area contributed by atoms with Gasteiger partial charge in [0, 0.05) is 12.6 Å². The zero-order valence-corrected chi connectivity index (χ0v) is 13.0. The Morgan fingerprint density at radius 3 is 2.81 bits per heavy atom. The Morgan fingerprint density at radius 2 is 2.24 bits per heavy atom. The topological polar surface area (TPSA) is 90.1 Å². The number of nitrogens with zero attached hydrogens (tertiary/aromatic N) is 3. The van der Waals surface area contributed by atoms with Crippen LogP contribution in [-0.2, 0) is 6.54 Å². The molecule has 0 saturated carbocycles. The van der Waals surface area contributed by atoms with Gasteiger partial charge in [-0.1, -0.05) is 0 Å². The minimum Gasteiger partial charge on any atom is -0.337 e. The number of amides is 1. The van der Waals surface area contributed by atoms with Gasteiger partial charge in [-0.3, -0.25) is 14.9 Å². The Kier molecular flexibility index (Phi) is 4.37. The van der Waals surface area contributed by atoms with E-state index in [1.807, 2.05) is 6.92 Å². The summed E-state index contributed by atoms with van der Waals surface area (Å²) in [7, 11) is 0. The fourth-order valence-corrected chi connectivity index (χ4v) is 2.29. The summed E-state index contributed by atoms with van der Waals surface area (Å²) in [6.45, 7) is 4.04. The van der Waals surface area contributed by atoms with Gasteiger partial charge < -0.3 is 9.88 Å². The van der Waals surface area contributed by atoms with Crippen LogP contribution in [0.25, 0.3) is 0 Å². The van der Waals surface area contributed by atoms with Gasteiger partial charge in [-0.05, 0) is 41.9 Å². The largest absolute Gasteiger partial charge is 0.337 e. The Morgan fingerprint density at radius 1 is 1.52 bits per heavy atom. The summed E-state index contributed by atoms with van der Waals surface area (Å²) >= 11 is 3.25. The van der Waals surface area contributed by atoms with Gasteiger partial charge in [-0.2, -0.15) is 0 Å². The summed E-state index contributed by atoms with van der Waals surface area (Å²) in [4.78, 5) is 26.7. The van der Waals surface area contributed by atoms with Gasteiger partial charge in [0.25, 0.3) is 11.6 Å². The van der Waals surface area contributed by atoms with Crippen LogP contribution in [0.1, 0.15) is 23.1 Å². The standard InChI is InChI=1S/C13H13BrN4O3/c1-3-17-7-9(18(20)21)6-11(17)13(19)16-10-4-5-12(14)15-8(10)2/h4-7H,3H2,1-2H3,(H,16,19). The molecule has 0 unspecified atom stereocenters. The highest BCUT2D eigenvalue weighted by Gasteiger charge is 2.19. The van der Waals surface area contributed by atoms with E-state index in [2.05, 4.69) is 26.2 Å². The molecule has 7 nitrogen and oxygen atoms in total. The number of rotatable bonds is 4. The maximum atomic E-state index is 12.3. The molecular formula is C13H13BrN4O3. The first kappa shape index (κ1) is 15.2. The molecule has 1 N–H and O–H groups in total. The molecule has 0 aromatic carbocycles. The van der Waals surface area contributed by atoms with Crippen molar-refractivity contribution in [1.82, 2.24) is 9.55 Å². The highest BCUT2D eigenvalue weighted by atomic mass is 79.9. The molecule has 2 aromatic rings. The third-order valence-electron chi connectivity index (χ3n) is 2.97. The van der Waals surface area contributed by atoms with Crippen molar-refractivity contribution in [2.45, 2.75) is 20.4 Å². The minimum atomic E-state index is -0.518. The van der Waals surface area contributed by atoms with E-state index in [4.69, 9.17) is 0 Å². The van der Waals surface area contributed by atoms with Gasteiger partial charge in [-0.15, -0.1) is 0 Å². The van der Waals surface area contributed by atoms with Gasteiger partial charge in [0.1, 0.15) is 10.3 Å². The molecule has 2 heterocycles. The SMILES string of the molecule is CCn1cc([N+](=O)[O-])cc1C(=O)Nc1ccc(Br)nc1C. The number of carbonyl (C=O) groups excluding carboxylic acids is 1. The van der Waals surface area contributed by atoms with Gasteiger partial charge >= 0.3 is 0 Å². The number of aromatic nitrogens is 2. The first-order valence-corrected chi connectivity index (χ1v) is 7.00. The van der Waals surface area contributed by atoms with Crippen LogP contribution in [0.4, 0.5) is 11.4 Å². The molecule has 21 heavy (non-hydrogen) atoms. The van der Waals surface area contributed by atoms with Gasteiger partial charge in [0.05, 0.1) is 22.5 Å². The smallest absolute Gasteiger partial charge is 0.287 e. The van der Waals surface area contributed by atoms with E-state index in [1.165, 1.54) is 16.8 Å². The van der Waals surface area contributed by atoms with Crippen LogP contribution in [0.15, 0.2) is 29.0 Å². The van der Waals surface area contributed by atoms with Crippen LogP contribution < -0.4 is 5.32 Å². The normalized spacial score (nSPS) is 10.4. The third-order valence-corrected chi connectivity index (χ3v) is 3.41. The van der Waals surface area contributed by atoms with Crippen molar-refractivity contribution in [3.63, 3.8) is 0 Å². The monoisotopic (exact) mass is 352 g/mol. The molecule has 0 aliphatic carbocycles. The van der Waals surface area contributed by atoms with E-state index in [9.17, 15) is 14.9 Å². The van der Waals surface area contributed by atoms with E-state index in [-0.39, 0.29) is 11.4 Å². The number of nitrogens with one attached hydrogen (secondary N) is 1. The highest BCUT2D eigenvalue weighted by Crippen LogP contribution is 2.20. The number of halogens is 1. The molecule has 0 fully saturated rings. The molecule has 0 spiro atoms. The second kappa shape index (κ2) is 6.04. The summed E-state index contributed by atoms with van der Waals surface area (Å²) in [6, 6.07) is 4.70. The molecule has 0 aliphatic rings. The molecule has 0 saturated heterocycles. The molecule has 8 heteroatoms. The number of carbonyl (C=O) groups is 1. The zero-order chi connectivity index (χ0) is 15.6. The predicted molar refractivity (Wildman–Crippen MR) is 81.4 cm³/mol. The summed E-state index contributed by atoms with van der Waals surface area (Å²) < 4.78 is 2.21. The van der Waals surface area contributed by atoms with Crippen LogP contribution in [0.3, 0.4) is 0 Å². The van der Waals surface area contributed by atoms with E-state index in [0.29, 0.717) is 22.5 Å². The Hall–Kier alpha value is -2.22. The second-order valence-electron chi connectivity index (χ2n) is 4.35. The van der Waals surface area contributed by atoms with Crippen LogP contribution >= 0.6 is 15.9 Å². The summed E-state index contributed by atoms with van der Waals surface area (Å²) in [5, 5.41) is 13.5. The van der Waals surface area contributed by atoms with Crippen molar-refractivity contribution in [1.29, 1.82) is 0 Å². The van der Waals surface area contributed by atoms with Gasteiger partial charge in [0.2, 0.25) is 0 Å². The molecule has 2 rings (SSSR count). The first-order chi connectivity index (χ1) is 9.92. The summed E-state index contributed by atoms with van der Waals surface area (Å²) in [6.07, 6.45) is 1.35. The zero-order valence-electron chi connectivity index (χ0n) is 11.5. The molecule has 0 bridgehead atoms. The average molecular weight is 353 g/mol. The van der Waals surface area contributed by atoms with E-state index >= 15 is 0 Å². The Bertz CT molecular complexity index is 711.